The van der Waals surface area contributed by atoms with E-state index in [1.54, 1.807) is 24.0 Å². The fourth-order valence-corrected chi connectivity index (χ4v) is 4.34. The van der Waals surface area contributed by atoms with Gasteiger partial charge in [0.25, 0.3) is 0 Å². The lowest BCUT2D eigenvalue weighted by atomic mass is 9.99. The van der Waals surface area contributed by atoms with Crippen molar-refractivity contribution in [2.75, 3.05) is 59.6 Å². The standard InChI is InChI=1S/C22H32FN3O5/c1-17(27)24-8-6-19(7-9-24)25-10-11-26(21(28)13-30-2)15-22(29,14-25)16-31-20-5-3-4-18(23)12-20/h3-5,12,19,29H,6-11,13-16H2,1-2H3/t22-/m1/s1. The average molecular weight is 438 g/mol. The third-order valence-electron chi connectivity index (χ3n) is 5.99. The fraction of sp³-hybridized carbons (Fsp3) is 0.636. The monoisotopic (exact) mass is 437 g/mol. The Kier molecular flexibility index (Phi) is 7.85. The van der Waals surface area contributed by atoms with E-state index in [1.165, 1.54) is 19.2 Å². The van der Waals surface area contributed by atoms with E-state index >= 15 is 0 Å². The number of likely N-dealkylation sites (tertiary alicyclic amines) is 1. The van der Waals surface area contributed by atoms with Crippen molar-refractivity contribution in [1.82, 2.24) is 14.7 Å². The Bertz CT molecular complexity index is 771. The largest absolute Gasteiger partial charge is 0.490 e. The van der Waals surface area contributed by atoms with Crippen LogP contribution in [-0.4, -0.2) is 103 Å². The zero-order valence-electron chi connectivity index (χ0n) is 18.3. The van der Waals surface area contributed by atoms with Crippen molar-refractivity contribution in [2.24, 2.45) is 0 Å². The van der Waals surface area contributed by atoms with Gasteiger partial charge in [0, 0.05) is 58.9 Å². The lowest BCUT2D eigenvalue weighted by Gasteiger charge is -2.40. The van der Waals surface area contributed by atoms with Gasteiger partial charge in [-0.1, -0.05) is 6.07 Å². The van der Waals surface area contributed by atoms with Crippen molar-refractivity contribution in [3.05, 3.63) is 30.1 Å². The van der Waals surface area contributed by atoms with Crippen LogP contribution in [0.3, 0.4) is 0 Å². The number of benzene rings is 1. The molecule has 1 N–H and O–H groups in total. The Labute approximate surface area is 182 Å². The van der Waals surface area contributed by atoms with E-state index in [0.717, 1.165) is 12.8 Å². The molecule has 2 amide bonds. The van der Waals surface area contributed by atoms with Crippen molar-refractivity contribution in [3.8, 4) is 5.75 Å². The van der Waals surface area contributed by atoms with Crippen molar-refractivity contribution in [3.63, 3.8) is 0 Å². The SMILES string of the molecule is COCC(=O)N1CCN(C2CCN(C(C)=O)CC2)C[C@](O)(COc2cccc(F)c2)C1. The molecule has 31 heavy (non-hydrogen) atoms. The molecular weight excluding hydrogens is 405 g/mol. The van der Waals surface area contributed by atoms with Crippen LogP contribution in [0.1, 0.15) is 19.8 Å². The second-order valence-corrected chi connectivity index (χ2v) is 8.43. The van der Waals surface area contributed by atoms with Crippen LogP contribution in [0.15, 0.2) is 24.3 Å². The molecule has 0 aliphatic carbocycles. The zero-order chi connectivity index (χ0) is 22.4. The first-order chi connectivity index (χ1) is 14.8. The van der Waals surface area contributed by atoms with E-state index in [2.05, 4.69) is 4.90 Å². The molecule has 1 aromatic rings. The highest BCUT2D eigenvalue weighted by molar-refractivity contribution is 5.77. The smallest absolute Gasteiger partial charge is 0.248 e. The summed E-state index contributed by atoms with van der Waals surface area (Å²) in [7, 11) is 1.46. The number of carbonyl (C=O) groups excluding carboxylic acids is 2. The Morgan fingerprint density at radius 3 is 2.55 bits per heavy atom. The molecule has 0 radical (unpaired) electrons. The van der Waals surface area contributed by atoms with Crippen LogP contribution in [0, 0.1) is 5.82 Å². The number of hydrogen-bond acceptors (Lipinski definition) is 6. The van der Waals surface area contributed by atoms with E-state index in [9.17, 15) is 19.1 Å². The van der Waals surface area contributed by atoms with Gasteiger partial charge in [-0.2, -0.15) is 0 Å². The number of carbonyl (C=O) groups is 2. The van der Waals surface area contributed by atoms with Crippen molar-refractivity contribution in [2.45, 2.75) is 31.4 Å². The first kappa shape index (κ1) is 23.4. The van der Waals surface area contributed by atoms with Crippen molar-refractivity contribution >= 4 is 11.8 Å². The summed E-state index contributed by atoms with van der Waals surface area (Å²) in [6.07, 6.45) is 1.62. The lowest BCUT2D eigenvalue weighted by Crippen LogP contribution is -2.55. The number of nitrogens with zero attached hydrogens (tertiary/aromatic N) is 3. The highest BCUT2D eigenvalue weighted by Crippen LogP contribution is 2.24. The molecule has 3 rings (SSSR count). The molecule has 0 bridgehead atoms. The number of aliphatic hydroxyl groups is 1. The van der Waals surface area contributed by atoms with Crippen molar-refractivity contribution < 1.29 is 28.6 Å². The van der Waals surface area contributed by atoms with E-state index < -0.39 is 11.4 Å². The number of hydrogen-bond donors (Lipinski definition) is 1. The number of halogens is 1. The highest BCUT2D eigenvalue weighted by Gasteiger charge is 2.40. The van der Waals surface area contributed by atoms with Crippen LogP contribution in [0.25, 0.3) is 0 Å². The van der Waals surface area contributed by atoms with E-state index in [-0.39, 0.29) is 37.6 Å². The van der Waals surface area contributed by atoms with Crippen molar-refractivity contribution in [1.29, 1.82) is 0 Å². The second-order valence-electron chi connectivity index (χ2n) is 8.43. The molecule has 2 heterocycles. The Morgan fingerprint density at radius 1 is 1.16 bits per heavy atom. The molecule has 9 heteroatoms. The van der Waals surface area contributed by atoms with Crippen LogP contribution in [0.5, 0.6) is 5.75 Å². The summed E-state index contributed by atoms with van der Waals surface area (Å²) in [5.41, 5.74) is -1.33. The molecule has 2 aliphatic rings. The van der Waals surface area contributed by atoms with Gasteiger partial charge in [-0.25, -0.2) is 4.39 Å². The minimum Gasteiger partial charge on any atom is -0.490 e. The number of piperidine rings is 1. The number of ether oxygens (including phenoxy) is 2. The van der Waals surface area contributed by atoms with Crippen LogP contribution < -0.4 is 4.74 Å². The van der Waals surface area contributed by atoms with E-state index in [4.69, 9.17) is 9.47 Å². The van der Waals surface area contributed by atoms with Crippen LogP contribution >= 0.6 is 0 Å². The molecule has 1 atom stereocenters. The van der Waals surface area contributed by atoms with Gasteiger partial charge in [0.15, 0.2) is 0 Å². The second kappa shape index (κ2) is 10.4. The fourth-order valence-electron chi connectivity index (χ4n) is 4.34. The van der Waals surface area contributed by atoms with Gasteiger partial charge in [-0.3, -0.25) is 14.5 Å². The number of amides is 2. The zero-order valence-corrected chi connectivity index (χ0v) is 18.3. The third-order valence-corrected chi connectivity index (χ3v) is 5.99. The van der Waals surface area contributed by atoms with Gasteiger partial charge in [0.05, 0.1) is 6.54 Å². The molecule has 8 nitrogen and oxygen atoms in total. The van der Waals surface area contributed by atoms with Crippen LogP contribution in [0.4, 0.5) is 4.39 Å². The Morgan fingerprint density at radius 2 is 1.90 bits per heavy atom. The highest BCUT2D eigenvalue weighted by atomic mass is 19.1. The molecular formula is C22H32FN3O5. The number of β-amino-alcohol motifs (C(OH)–C–C–N with tert-alkyl or cyclic N) is 1. The summed E-state index contributed by atoms with van der Waals surface area (Å²) in [5.74, 6) is -0.208. The Balaban J connectivity index is 1.72. The third kappa shape index (κ3) is 6.38. The molecule has 172 valence electrons. The molecule has 0 saturated carbocycles. The van der Waals surface area contributed by atoms with Gasteiger partial charge in [0.1, 0.15) is 30.4 Å². The summed E-state index contributed by atoms with van der Waals surface area (Å²) in [4.78, 5) is 29.8. The Hall–Kier alpha value is -2.23. The summed E-state index contributed by atoms with van der Waals surface area (Å²) >= 11 is 0. The summed E-state index contributed by atoms with van der Waals surface area (Å²) in [5, 5.41) is 11.5. The first-order valence-corrected chi connectivity index (χ1v) is 10.7. The predicted octanol–water partition coefficient (Wildman–Crippen LogP) is 0.737. The minimum atomic E-state index is -1.33. The van der Waals surface area contributed by atoms with Crippen LogP contribution in [0.2, 0.25) is 0 Å². The lowest BCUT2D eigenvalue weighted by molar-refractivity contribution is -0.138. The van der Waals surface area contributed by atoms with Crippen LogP contribution in [-0.2, 0) is 14.3 Å². The van der Waals surface area contributed by atoms with Gasteiger partial charge >= 0.3 is 0 Å². The van der Waals surface area contributed by atoms with Gasteiger partial charge in [-0.05, 0) is 25.0 Å². The molecule has 2 fully saturated rings. The maximum absolute atomic E-state index is 13.5. The number of rotatable bonds is 6. The average Bonchev–Trinajstić information content (AvgIpc) is 2.92. The maximum atomic E-state index is 13.5. The summed E-state index contributed by atoms with van der Waals surface area (Å²) in [6, 6.07) is 5.97. The molecule has 2 aliphatic heterocycles. The van der Waals surface area contributed by atoms with E-state index in [1.807, 2.05) is 4.90 Å². The molecule has 1 aromatic carbocycles. The molecule has 2 saturated heterocycles. The number of methoxy groups -OCH3 is 1. The topological polar surface area (TPSA) is 82.6 Å². The minimum absolute atomic E-state index is 0.0577. The molecule has 0 aromatic heterocycles. The quantitative estimate of drug-likeness (QED) is 0.707. The first-order valence-electron chi connectivity index (χ1n) is 10.7. The van der Waals surface area contributed by atoms with Gasteiger partial charge in [-0.15, -0.1) is 0 Å². The van der Waals surface area contributed by atoms with E-state index in [0.29, 0.717) is 38.5 Å². The van der Waals surface area contributed by atoms with Gasteiger partial charge in [0.2, 0.25) is 11.8 Å². The predicted molar refractivity (Wildman–Crippen MR) is 112 cm³/mol. The summed E-state index contributed by atoms with van der Waals surface area (Å²) < 4.78 is 24.2. The summed E-state index contributed by atoms with van der Waals surface area (Å²) in [6.45, 7) is 4.32. The normalized spacial score (nSPS) is 23.5. The molecule has 0 unspecified atom stereocenters. The molecule has 0 spiro atoms. The van der Waals surface area contributed by atoms with Gasteiger partial charge < -0.3 is 24.4 Å². The maximum Gasteiger partial charge on any atom is 0.248 e.